The van der Waals surface area contributed by atoms with E-state index < -0.39 is 12.2 Å². The lowest BCUT2D eigenvalue weighted by molar-refractivity contribution is -0.00656. The van der Waals surface area contributed by atoms with Gasteiger partial charge >= 0.3 is 6.09 Å². The van der Waals surface area contributed by atoms with Crippen LogP contribution in [0.15, 0.2) is 30.3 Å². The molecule has 0 aliphatic heterocycles. The number of benzene rings is 1. The van der Waals surface area contributed by atoms with Crippen LogP contribution in [0, 0.1) is 5.41 Å². The second kappa shape index (κ2) is 8.89. The van der Waals surface area contributed by atoms with Crippen LogP contribution in [0.2, 0.25) is 0 Å². The first kappa shape index (κ1) is 17.8. The Morgan fingerprint density at radius 2 is 1.91 bits per heavy atom. The van der Waals surface area contributed by atoms with Crippen molar-refractivity contribution in [2.75, 3.05) is 13.2 Å². The average molecular weight is 321 g/mol. The van der Waals surface area contributed by atoms with E-state index >= 15 is 0 Å². The van der Waals surface area contributed by atoms with E-state index in [0.717, 1.165) is 31.2 Å². The number of ether oxygens (including phenoxy) is 1. The van der Waals surface area contributed by atoms with Gasteiger partial charge in [0.25, 0.3) is 0 Å². The largest absolute Gasteiger partial charge is 0.465 e. The van der Waals surface area contributed by atoms with Gasteiger partial charge in [0, 0.05) is 6.54 Å². The summed E-state index contributed by atoms with van der Waals surface area (Å²) in [6.45, 7) is 1.18. The maximum atomic E-state index is 10.8. The third-order valence-corrected chi connectivity index (χ3v) is 4.62. The van der Waals surface area contributed by atoms with Crippen LogP contribution >= 0.6 is 0 Å². The molecule has 0 bridgehead atoms. The molecule has 1 atom stereocenters. The van der Waals surface area contributed by atoms with Crippen LogP contribution in [0.3, 0.4) is 0 Å². The molecule has 2 rings (SSSR count). The number of hydrogen-bond donors (Lipinski definition) is 3. The summed E-state index contributed by atoms with van der Waals surface area (Å²) in [6, 6.07) is 9.87. The maximum absolute atomic E-state index is 10.8. The molecule has 0 spiro atoms. The fourth-order valence-electron chi connectivity index (χ4n) is 3.46. The second-order valence-electron chi connectivity index (χ2n) is 6.58. The van der Waals surface area contributed by atoms with Crippen molar-refractivity contribution >= 4 is 6.09 Å². The minimum absolute atomic E-state index is 0.133. The predicted molar refractivity (Wildman–Crippen MR) is 88.3 cm³/mol. The van der Waals surface area contributed by atoms with E-state index in [0.29, 0.717) is 19.6 Å². The Bertz CT molecular complexity index is 471. The van der Waals surface area contributed by atoms with Crippen LogP contribution in [0.1, 0.15) is 44.1 Å². The lowest BCUT2D eigenvalue weighted by Gasteiger charge is -2.38. The SMILES string of the molecule is O=C(O)NCC1(CC(O)COCc2ccccc2)CCCCC1. The highest BCUT2D eigenvalue weighted by Crippen LogP contribution is 2.39. The molecule has 1 aliphatic rings. The summed E-state index contributed by atoms with van der Waals surface area (Å²) in [5.74, 6) is 0. The minimum Gasteiger partial charge on any atom is -0.465 e. The van der Waals surface area contributed by atoms with Gasteiger partial charge < -0.3 is 20.3 Å². The van der Waals surface area contributed by atoms with Crippen molar-refractivity contribution in [1.29, 1.82) is 0 Å². The number of hydrogen-bond acceptors (Lipinski definition) is 3. The summed E-state index contributed by atoms with van der Waals surface area (Å²) >= 11 is 0. The zero-order valence-corrected chi connectivity index (χ0v) is 13.5. The smallest absolute Gasteiger partial charge is 0.404 e. The molecule has 23 heavy (non-hydrogen) atoms. The van der Waals surface area contributed by atoms with Crippen LogP contribution in [0.25, 0.3) is 0 Å². The molecule has 128 valence electrons. The first-order valence-electron chi connectivity index (χ1n) is 8.36. The molecular weight excluding hydrogens is 294 g/mol. The Labute approximate surface area is 137 Å². The standard InChI is InChI=1S/C18H27NO4/c20-16(13-23-12-15-7-3-1-4-8-15)11-18(14-19-17(21)22)9-5-2-6-10-18/h1,3-4,7-8,16,19-20H,2,5-6,9-14H2,(H,21,22). The normalized spacial score (nSPS) is 18.3. The van der Waals surface area contributed by atoms with Gasteiger partial charge in [0.15, 0.2) is 0 Å². The fraction of sp³-hybridized carbons (Fsp3) is 0.611. The van der Waals surface area contributed by atoms with Crippen molar-refractivity contribution in [3.63, 3.8) is 0 Å². The van der Waals surface area contributed by atoms with Gasteiger partial charge in [-0.3, -0.25) is 0 Å². The molecule has 1 aromatic carbocycles. The highest BCUT2D eigenvalue weighted by Gasteiger charge is 2.34. The van der Waals surface area contributed by atoms with E-state index in [1.165, 1.54) is 6.42 Å². The molecule has 0 heterocycles. The maximum Gasteiger partial charge on any atom is 0.404 e. The van der Waals surface area contributed by atoms with Crippen LogP contribution in [-0.4, -0.2) is 35.6 Å². The van der Waals surface area contributed by atoms with Gasteiger partial charge in [0.05, 0.1) is 19.3 Å². The van der Waals surface area contributed by atoms with Crippen molar-refractivity contribution in [1.82, 2.24) is 5.32 Å². The van der Waals surface area contributed by atoms with E-state index in [4.69, 9.17) is 9.84 Å². The third-order valence-electron chi connectivity index (χ3n) is 4.62. The van der Waals surface area contributed by atoms with Crippen molar-refractivity contribution < 1.29 is 19.7 Å². The van der Waals surface area contributed by atoms with Gasteiger partial charge in [-0.15, -0.1) is 0 Å². The van der Waals surface area contributed by atoms with Gasteiger partial charge in [-0.25, -0.2) is 4.79 Å². The molecular formula is C18H27NO4. The zero-order chi connectivity index (χ0) is 16.5. The molecule has 1 aliphatic carbocycles. The summed E-state index contributed by atoms with van der Waals surface area (Å²) in [5.41, 5.74) is 0.950. The van der Waals surface area contributed by atoms with Crippen LogP contribution in [-0.2, 0) is 11.3 Å². The monoisotopic (exact) mass is 321 g/mol. The van der Waals surface area contributed by atoms with E-state index in [1.807, 2.05) is 30.3 Å². The molecule has 3 N–H and O–H groups in total. The van der Waals surface area contributed by atoms with Crippen molar-refractivity contribution in [3.05, 3.63) is 35.9 Å². The lowest BCUT2D eigenvalue weighted by Crippen LogP contribution is -2.41. The van der Waals surface area contributed by atoms with Crippen LogP contribution in [0.4, 0.5) is 4.79 Å². The number of carboxylic acid groups (broad SMARTS) is 1. The highest BCUT2D eigenvalue weighted by atomic mass is 16.5. The van der Waals surface area contributed by atoms with Gasteiger partial charge in [0.2, 0.25) is 0 Å². The summed E-state index contributed by atoms with van der Waals surface area (Å²) in [6.07, 6.45) is 4.33. The number of aliphatic hydroxyl groups excluding tert-OH is 1. The highest BCUT2D eigenvalue weighted by molar-refractivity contribution is 5.64. The summed E-state index contributed by atoms with van der Waals surface area (Å²) in [4.78, 5) is 10.8. The van der Waals surface area contributed by atoms with Gasteiger partial charge in [-0.05, 0) is 30.2 Å². The number of aliphatic hydroxyl groups is 1. The molecule has 1 unspecified atom stereocenters. The Hall–Kier alpha value is -1.59. The Morgan fingerprint density at radius 1 is 1.22 bits per heavy atom. The molecule has 0 radical (unpaired) electrons. The summed E-state index contributed by atoms with van der Waals surface area (Å²) in [5, 5.41) is 21.7. The fourth-order valence-corrected chi connectivity index (χ4v) is 3.46. The molecule has 0 saturated heterocycles. The van der Waals surface area contributed by atoms with E-state index in [2.05, 4.69) is 5.32 Å². The summed E-state index contributed by atoms with van der Waals surface area (Å²) in [7, 11) is 0. The van der Waals surface area contributed by atoms with Gasteiger partial charge in [-0.1, -0.05) is 49.6 Å². The number of amides is 1. The molecule has 1 fully saturated rings. The Morgan fingerprint density at radius 3 is 2.57 bits per heavy atom. The van der Waals surface area contributed by atoms with E-state index in [-0.39, 0.29) is 12.0 Å². The zero-order valence-electron chi connectivity index (χ0n) is 13.5. The van der Waals surface area contributed by atoms with Crippen LogP contribution in [0.5, 0.6) is 0 Å². The van der Waals surface area contributed by atoms with Gasteiger partial charge in [0.1, 0.15) is 0 Å². The Balaban J connectivity index is 1.79. The minimum atomic E-state index is -0.996. The molecule has 1 amide bonds. The topological polar surface area (TPSA) is 78.8 Å². The van der Waals surface area contributed by atoms with E-state index in [1.54, 1.807) is 0 Å². The van der Waals surface area contributed by atoms with Crippen molar-refractivity contribution in [2.24, 2.45) is 5.41 Å². The average Bonchev–Trinajstić information content (AvgIpc) is 2.55. The van der Waals surface area contributed by atoms with Crippen molar-refractivity contribution in [2.45, 2.75) is 51.2 Å². The molecule has 1 saturated carbocycles. The number of nitrogens with one attached hydrogen (secondary N) is 1. The summed E-state index contributed by atoms with van der Waals surface area (Å²) < 4.78 is 5.61. The number of rotatable bonds is 8. The molecule has 5 heteroatoms. The third kappa shape index (κ3) is 6.20. The van der Waals surface area contributed by atoms with Gasteiger partial charge in [-0.2, -0.15) is 0 Å². The Kier molecular flexibility index (Phi) is 6.86. The first-order chi connectivity index (χ1) is 11.1. The second-order valence-corrected chi connectivity index (χ2v) is 6.58. The quantitative estimate of drug-likeness (QED) is 0.687. The lowest BCUT2D eigenvalue weighted by atomic mass is 9.70. The molecule has 1 aromatic rings. The van der Waals surface area contributed by atoms with E-state index in [9.17, 15) is 9.90 Å². The van der Waals surface area contributed by atoms with Crippen molar-refractivity contribution in [3.8, 4) is 0 Å². The number of carbonyl (C=O) groups is 1. The molecule has 5 nitrogen and oxygen atoms in total. The predicted octanol–water partition coefficient (Wildman–Crippen LogP) is 3.17. The molecule has 0 aromatic heterocycles. The first-order valence-corrected chi connectivity index (χ1v) is 8.36. The van der Waals surface area contributed by atoms with Crippen LogP contribution < -0.4 is 5.32 Å².